The van der Waals surface area contributed by atoms with Gasteiger partial charge < -0.3 is 10.1 Å². The Balaban J connectivity index is 1.81. The van der Waals surface area contributed by atoms with E-state index in [1.807, 2.05) is 36.4 Å². The van der Waals surface area contributed by atoms with Crippen molar-refractivity contribution < 1.29 is 17.9 Å². The lowest BCUT2D eigenvalue weighted by molar-refractivity contribution is -0.122. The second-order valence-corrected chi connectivity index (χ2v) is 8.79. The number of pyridine rings is 1. The fourth-order valence-corrected chi connectivity index (χ4v) is 4.41. The van der Waals surface area contributed by atoms with Crippen LogP contribution in [0.5, 0.6) is 5.75 Å². The van der Waals surface area contributed by atoms with Crippen molar-refractivity contribution in [3.63, 3.8) is 0 Å². The summed E-state index contributed by atoms with van der Waals surface area (Å²) in [5.74, 6) is 0.176. The maximum absolute atomic E-state index is 13.0. The second kappa shape index (κ2) is 10.2. The fourth-order valence-electron chi connectivity index (χ4n) is 3.13. The number of hydrogen-bond donors (Lipinski definition) is 2. The van der Waals surface area contributed by atoms with Crippen LogP contribution in [0.25, 0.3) is 0 Å². The van der Waals surface area contributed by atoms with E-state index in [0.717, 1.165) is 11.1 Å². The van der Waals surface area contributed by atoms with Gasteiger partial charge in [-0.15, -0.1) is 0 Å². The van der Waals surface area contributed by atoms with Crippen molar-refractivity contribution in [2.75, 3.05) is 7.11 Å². The monoisotopic (exact) mass is 439 g/mol. The number of nitrogens with one attached hydrogen (secondary N) is 2. The third kappa shape index (κ3) is 6.13. The van der Waals surface area contributed by atoms with Crippen molar-refractivity contribution in [3.05, 3.63) is 89.7 Å². The van der Waals surface area contributed by atoms with Gasteiger partial charge in [0.15, 0.2) is 0 Å². The molecule has 0 bridgehead atoms. The molecule has 0 aliphatic rings. The second-order valence-electron chi connectivity index (χ2n) is 7.07. The molecule has 1 atom stereocenters. The highest BCUT2D eigenvalue weighted by molar-refractivity contribution is 7.89. The van der Waals surface area contributed by atoms with Crippen LogP contribution < -0.4 is 14.8 Å². The van der Waals surface area contributed by atoms with Gasteiger partial charge in [0, 0.05) is 18.9 Å². The molecule has 0 radical (unpaired) electrons. The molecule has 1 heterocycles. The van der Waals surface area contributed by atoms with Crippen molar-refractivity contribution in [3.8, 4) is 5.75 Å². The van der Waals surface area contributed by atoms with Crippen LogP contribution in [0.4, 0.5) is 0 Å². The Morgan fingerprint density at radius 3 is 2.45 bits per heavy atom. The highest BCUT2D eigenvalue weighted by atomic mass is 32.2. The lowest BCUT2D eigenvalue weighted by Crippen LogP contribution is -2.47. The third-order valence-corrected chi connectivity index (χ3v) is 6.23. The summed E-state index contributed by atoms with van der Waals surface area (Å²) in [7, 11) is -2.41. The first-order chi connectivity index (χ1) is 14.9. The summed E-state index contributed by atoms with van der Waals surface area (Å²) in [4.78, 5) is 17.0. The Labute approximate surface area is 182 Å². The molecule has 0 unspecified atom stereocenters. The largest absolute Gasteiger partial charge is 0.496 e. The molecule has 8 heteroatoms. The Morgan fingerprint density at radius 2 is 1.81 bits per heavy atom. The maximum Gasteiger partial charge on any atom is 0.241 e. The van der Waals surface area contributed by atoms with Crippen molar-refractivity contribution >= 4 is 15.9 Å². The summed E-state index contributed by atoms with van der Waals surface area (Å²) in [6.45, 7) is 2.02. The normalized spacial score (nSPS) is 12.2. The van der Waals surface area contributed by atoms with E-state index in [0.29, 0.717) is 11.3 Å². The van der Waals surface area contributed by atoms with Gasteiger partial charge in [0.05, 0.1) is 12.0 Å². The van der Waals surface area contributed by atoms with Gasteiger partial charge in [-0.25, -0.2) is 8.42 Å². The lowest BCUT2D eigenvalue weighted by Gasteiger charge is -2.19. The molecule has 0 aliphatic heterocycles. The molecule has 7 nitrogen and oxygen atoms in total. The number of hydrogen-bond acceptors (Lipinski definition) is 5. The summed E-state index contributed by atoms with van der Waals surface area (Å²) < 4.78 is 33.8. The van der Waals surface area contributed by atoms with Crippen molar-refractivity contribution in [1.82, 2.24) is 15.0 Å². The number of carbonyl (C=O) groups excluding carboxylic acids is 1. The van der Waals surface area contributed by atoms with E-state index in [4.69, 9.17) is 4.74 Å². The van der Waals surface area contributed by atoms with Crippen LogP contribution >= 0.6 is 0 Å². The summed E-state index contributed by atoms with van der Waals surface area (Å²) in [6.07, 6.45) is 3.51. The van der Waals surface area contributed by atoms with Crippen LogP contribution in [-0.2, 0) is 27.8 Å². The molecule has 1 amide bonds. The predicted octanol–water partition coefficient (Wildman–Crippen LogP) is 2.60. The van der Waals surface area contributed by atoms with Crippen molar-refractivity contribution in [2.45, 2.75) is 30.8 Å². The molecule has 3 rings (SSSR count). The van der Waals surface area contributed by atoms with Crippen molar-refractivity contribution in [2.24, 2.45) is 0 Å². The third-order valence-electron chi connectivity index (χ3n) is 4.76. The minimum absolute atomic E-state index is 0.0731. The minimum Gasteiger partial charge on any atom is -0.496 e. The zero-order valence-corrected chi connectivity index (χ0v) is 18.2. The molecule has 0 aliphatic carbocycles. The smallest absolute Gasteiger partial charge is 0.241 e. The van der Waals surface area contributed by atoms with Gasteiger partial charge in [-0.3, -0.25) is 9.78 Å². The van der Waals surface area contributed by atoms with Crippen LogP contribution in [0.15, 0.2) is 78.0 Å². The first kappa shape index (κ1) is 22.5. The van der Waals surface area contributed by atoms with Gasteiger partial charge in [0.1, 0.15) is 11.8 Å². The van der Waals surface area contributed by atoms with Gasteiger partial charge in [-0.2, -0.15) is 4.72 Å². The number of nitrogens with zero attached hydrogens (tertiary/aromatic N) is 1. The van der Waals surface area contributed by atoms with E-state index in [9.17, 15) is 13.2 Å². The average Bonchev–Trinajstić information content (AvgIpc) is 2.78. The number of carbonyl (C=O) groups is 1. The summed E-state index contributed by atoms with van der Waals surface area (Å²) in [6, 6.07) is 16.5. The van der Waals surface area contributed by atoms with Crippen LogP contribution in [0.2, 0.25) is 0 Å². The quantitative estimate of drug-likeness (QED) is 0.534. The number of methoxy groups -OCH3 is 1. The van der Waals surface area contributed by atoms with E-state index < -0.39 is 22.0 Å². The first-order valence-electron chi connectivity index (χ1n) is 9.76. The molecule has 0 saturated carbocycles. The highest BCUT2D eigenvalue weighted by Gasteiger charge is 2.26. The Morgan fingerprint density at radius 1 is 1.06 bits per heavy atom. The SMILES string of the molecule is COc1ccc(S(=O)(=O)N[C@@H](Cc2ccccc2)C(=O)NCc2cccnc2)cc1C. The van der Waals surface area contributed by atoms with Gasteiger partial charge in [-0.05, 0) is 54.3 Å². The molecule has 0 saturated heterocycles. The summed E-state index contributed by atoms with van der Waals surface area (Å²) in [5.41, 5.74) is 2.35. The standard InChI is InChI=1S/C23H25N3O4S/c1-17-13-20(10-11-22(17)30-2)31(28,29)26-21(14-18-7-4-3-5-8-18)23(27)25-16-19-9-6-12-24-15-19/h3-13,15,21,26H,14,16H2,1-2H3,(H,25,27)/t21-/m0/s1. The number of rotatable bonds is 9. The number of sulfonamides is 1. The number of benzene rings is 2. The molecular formula is C23H25N3O4S. The summed E-state index contributed by atoms with van der Waals surface area (Å²) >= 11 is 0. The number of ether oxygens (including phenoxy) is 1. The van der Waals surface area contributed by atoms with E-state index in [1.165, 1.54) is 19.2 Å². The van der Waals surface area contributed by atoms with E-state index in [2.05, 4.69) is 15.0 Å². The zero-order chi connectivity index (χ0) is 22.3. The number of aryl methyl sites for hydroxylation is 1. The van der Waals surface area contributed by atoms with E-state index in [1.54, 1.807) is 31.5 Å². The number of amides is 1. The summed E-state index contributed by atoms with van der Waals surface area (Å²) in [5, 5.41) is 2.80. The molecule has 3 aromatic rings. The number of aromatic nitrogens is 1. The van der Waals surface area contributed by atoms with Gasteiger partial charge in [0.25, 0.3) is 0 Å². The van der Waals surface area contributed by atoms with Crippen molar-refractivity contribution in [1.29, 1.82) is 0 Å². The molecule has 162 valence electrons. The lowest BCUT2D eigenvalue weighted by atomic mass is 10.1. The van der Waals surface area contributed by atoms with Crippen LogP contribution in [-0.4, -0.2) is 32.5 Å². The average molecular weight is 440 g/mol. The molecule has 1 aromatic heterocycles. The Bertz CT molecular complexity index is 1120. The van der Waals surface area contributed by atoms with Gasteiger partial charge >= 0.3 is 0 Å². The first-order valence-corrected chi connectivity index (χ1v) is 11.2. The van der Waals surface area contributed by atoms with Gasteiger partial charge in [0.2, 0.25) is 15.9 Å². The topological polar surface area (TPSA) is 97.4 Å². The minimum atomic E-state index is -3.93. The predicted molar refractivity (Wildman–Crippen MR) is 118 cm³/mol. The van der Waals surface area contributed by atoms with Crippen LogP contribution in [0, 0.1) is 6.92 Å². The van der Waals surface area contributed by atoms with Crippen LogP contribution in [0.3, 0.4) is 0 Å². The molecule has 2 N–H and O–H groups in total. The molecular weight excluding hydrogens is 414 g/mol. The van der Waals surface area contributed by atoms with E-state index in [-0.39, 0.29) is 17.9 Å². The highest BCUT2D eigenvalue weighted by Crippen LogP contribution is 2.21. The van der Waals surface area contributed by atoms with Gasteiger partial charge in [-0.1, -0.05) is 36.4 Å². The molecule has 0 fully saturated rings. The molecule has 2 aromatic carbocycles. The zero-order valence-electron chi connectivity index (χ0n) is 17.4. The molecule has 31 heavy (non-hydrogen) atoms. The maximum atomic E-state index is 13.0. The fraction of sp³-hybridized carbons (Fsp3) is 0.217. The Kier molecular flexibility index (Phi) is 7.38. The Hall–Kier alpha value is -3.23. The van der Waals surface area contributed by atoms with E-state index >= 15 is 0 Å². The van der Waals surface area contributed by atoms with Crippen LogP contribution in [0.1, 0.15) is 16.7 Å². The molecule has 0 spiro atoms.